The molecule has 1 rings (SSSR count). The zero-order valence-electron chi connectivity index (χ0n) is 11.1. The number of nitrogens with zero attached hydrogens (tertiary/aromatic N) is 1. The summed E-state index contributed by atoms with van der Waals surface area (Å²) in [4.78, 5) is 1.58. The Labute approximate surface area is 108 Å². The highest BCUT2D eigenvalue weighted by atomic mass is 19.3. The van der Waals surface area contributed by atoms with Crippen molar-refractivity contribution >= 4 is 0 Å². The standard InChI is InChI=1S/C13H25F2NO2/c1-11-2-4-13(10-18,5-3-11)9-16(6-7-17)8-12(14)15/h11-12,17-18H,2-10H2,1H3. The Morgan fingerprint density at radius 3 is 2.33 bits per heavy atom. The molecule has 1 fully saturated rings. The van der Waals surface area contributed by atoms with E-state index >= 15 is 0 Å². The van der Waals surface area contributed by atoms with Crippen LogP contribution < -0.4 is 0 Å². The third kappa shape index (κ3) is 4.78. The molecule has 18 heavy (non-hydrogen) atoms. The van der Waals surface area contributed by atoms with Crippen molar-refractivity contribution in [1.29, 1.82) is 0 Å². The van der Waals surface area contributed by atoms with Crippen LogP contribution in [-0.2, 0) is 0 Å². The van der Waals surface area contributed by atoms with Gasteiger partial charge in [0.1, 0.15) is 0 Å². The van der Waals surface area contributed by atoms with Gasteiger partial charge < -0.3 is 10.2 Å². The third-order valence-electron chi connectivity index (χ3n) is 4.04. The van der Waals surface area contributed by atoms with Crippen LogP contribution in [0.15, 0.2) is 0 Å². The van der Waals surface area contributed by atoms with E-state index in [1.54, 1.807) is 4.90 Å². The van der Waals surface area contributed by atoms with Crippen molar-refractivity contribution in [3.8, 4) is 0 Å². The topological polar surface area (TPSA) is 43.7 Å². The van der Waals surface area contributed by atoms with Gasteiger partial charge in [-0.1, -0.05) is 19.8 Å². The Morgan fingerprint density at radius 1 is 1.28 bits per heavy atom. The number of hydrogen-bond donors (Lipinski definition) is 2. The maximum Gasteiger partial charge on any atom is 0.251 e. The number of aliphatic hydroxyl groups excluding tert-OH is 2. The van der Waals surface area contributed by atoms with Crippen LogP contribution in [0.2, 0.25) is 0 Å². The SMILES string of the molecule is CC1CCC(CO)(CN(CCO)CC(F)F)CC1. The van der Waals surface area contributed by atoms with Gasteiger partial charge in [0.15, 0.2) is 0 Å². The molecule has 0 spiro atoms. The van der Waals surface area contributed by atoms with Gasteiger partial charge in [-0.05, 0) is 18.8 Å². The minimum absolute atomic E-state index is 0.0465. The summed E-state index contributed by atoms with van der Waals surface area (Å²) >= 11 is 0. The quantitative estimate of drug-likeness (QED) is 0.737. The van der Waals surface area contributed by atoms with Crippen molar-refractivity contribution < 1.29 is 19.0 Å². The van der Waals surface area contributed by atoms with E-state index in [-0.39, 0.29) is 31.7 Å². The van der Waals surface area contributed by atoms with Crippen LogP contribution in [0, 0.1) is 11.3 Å². The molecule has 0 amide bonds. The van der Waals surface area contributed by atoms with E-state index in [1.807, 2.05) is 0 Å². The molecule has 0 aromatic carbocycles. The van der Waals surface area contributed by atoms with E-state index in [1.165, 1.54) is 0 Å². The zero-order chi connectivity index (χ0) is 13.6. The minimum atomic E-state index is -2.39. The molecule has 0 unspecified atom stereocenters. The molecule has 0 aromatic heterocycles. The molecule has 1 aliphatic carbocycles. The van der Waals surface area contributed by atoms with Crippen molar-refractivity contribution in [1.82, 2.24) is 4.90 Å². The molecule has 0 bridgehead atoms. The highest BCUT2D eigenvalue weighted by Gasteiger charge is 2.35. The maximum atomic E-state index is 12.5. The normalized spacial score (nSPS) is 29.2. The van der Waals surface area contributed by atoms with Crippen LogP contribution >= 0.6 is 0 Å². The summed E-state index contributed by atoms with van der Waals surface area (Å²) in [6.07, 6.45) is 1.46. The van der Waals surface area contributed by atoms with Crippen molar-refractivity contribution in [3.63, 3.8) is 0 Å². The lowest BCUT2D eigenvalue weighted by Gasteiger charge is -2.41. The highest BCUT2D eigenvalue weighted by molar-refractivity contribution is 4.87. The zero-order valence-corrected chi connectivity index (χ0v) is 11.1. The largest absolute Gasteiger partial charge is 0.396 e. The molecule has 0 saturated heterocycles. The second-order valence-electron chi connectivity index (χ2n) is 5.69. The molecule has 0 aliphatic heterocycles. The van der Waals surface area contributed by atoms with Gasteiger partial charge in [0, 0.05) is 25.1 Å². The lowest BCUT2D eigenvalue weighted by Crippen LogP contribution is -2.45. The summed E-state index contributed by atoms with van der Waals surface area (Å²) in [5.41, 5.74) is -0.253. The van der Waals surface area contributed by atoms with Crippen molar-refractivity contribution in [3.05, 3.63) is 0 Å². The van der Waals surface area contributed by atoms with Gasteiger partial charge in [0.05, 0.1) is 13.2 Å². The maximum absolute atomic E-state index is 12.5. The third-order valence-corrected chi connectivity index (χ3v) is 4.04. The van der Waals surface area contributed by atoms with E-state index in [4.69, 9.17) is 5.11 Å². The first kappa shape index (κ1) is 15.8. The number of rotatable bonds is 7. The lowest BCUT2D eigenvalue weighted by atomic mass is 9.71. The Morgan fingerprint density at radius 2 is 1.89 bits per heavy atom. The number of hydrogen-bond acceptors (Lipinski definition) is 3. The predicted octanol–water partition coefficient (Wildman–Crippen LogP) is 1.73. The fourth-order valence-electron chi connectivity index (χ4n) is 2.79. The van der Waals surface area contributed by atoms with Gasteiger partial charge in [-0.15, -0.1) is 0 Å². The average molecular weight is 265 g/mol. The van der Waals surface area contributed by atoms with Gasteiger partial charge in [-0.25, -0.2) is 8.78 Å². The minimum Gasteiger partial charge on any atom is -0.396 e. The van der Waals surface area contributed by atoms with Crippen LogP contribution in [0.5, 0.6) is 0 Å². The Kier molecular flexibility index (Phi) is 6.46. The smallest absolute Gasteiger partial charge is 0.251 e. The van der Waals surface area contributed by atoms with Crippen LogP contribution in [0.4, 0.5) is 8.78 Å². The molecule has 1 saturated carbocycles. The van der Waals surface area contributed by atoms with E-state index in [0.717, 1.165) is 25.7 Å². The second-order valence-corrected chi connectivity index (χ2v) is 5.69. The van der Waals surface area contributed by atoms with Crippen molar-refractivity contribution in [2.75, 3.05) is 32.8 Å². The van der Waals surface area contributed by atoms with E-state index < -0.39 is 6.43 Å². The monoisotopic (exact) mass is 265 g/mol. The van der Waals surface area contributed by atoms with Crippen molar-refractivity contribution in [2.24, 2.45) is 11.3 Å². The molecule has 1 aliphatic rings. The molecule has 3 nitrogen and oxygen atoms in total. The number of halogens is 2. The molecule has 108 valence electrons. The molecule has 2 N–H and O–H groups in total. The van der Waals surface area contributed by atoms with E-state index in [0.29, 0.717) is 12.5 Å². The Balaban J connectivity index is 2.57. The van der Waals surface area contributed by atoms with E-state index in [2.05, 4.69) is 6.92 Å². The molecule has 0 atom stereocenters. The van der Waals surface area contributed by atoms with Crippen LogP contribution in [0.25, 0.3) is 0 Å². The number of aliphatic hydroxyl groups is 2. The summed E-state index contributed by atoms with van der Waals surface area (Å²) in [7, 11) is 0. The van der Waals surface area contributed by atoms with Crippen LogP contribution in [0.1, 0.15) is 32.6 Å². The first-order chi connectivity index (χ1) is 8.51. The van der Waals surface area contributed by atoms with Crippen molar-refractivity contribution in [2.45, 2.75) is 39.0 Å². The summed E-state index contributed by atoms with van der Waals surface area (Å²) in [5.74, 6) is 0.658. The molecular weight excluding hydrogens is 240 g/mol. The molecule has 0 heterocycles. The van der Waals surface area contributed by atoms with Gasteiger partial charge in [-0.3, -0.25) is 4.90 Å². The van der Waals surface area contributed by atoms with Gasteiger partial charge in [0.2, 0.25) is 0 Å². The Hall–Kier alpha value is -0.260. The molecule has 0 radical (unpaired) electrons. The van der Waals surface area contributed by atoms with E-state index in [9.17, 15) is 13.9 Å². The highest BCUT2D eigenvalue weighted by Crippen LogP contribution is 2.39. The first-order valence-corrected chi connectivity index (χ1v) is 6.73. The van der Waals surface area contributed by atoms with Gasteiger partial charge in [-0.2, -0.15) is 0 Å². The molecule has 5 heteroatoms. The van der Waals surface area contributed by atoms with Gasteiger partial charge in [0.25, 0.3) is 6.43 Å². The summed E-state index contributed by atoms with van der Waals surface area (Å²) in [6, 6.07) is 0. The Bertz CT molecular complexity index is 231. The molecular formula is C13H25F2NO2. The molecule has 0 aromatic rings. The average Bonchev–Trinajstić information content (AvgIpc) is 2.32. The fourth-order valence-corrected chi connectivity index (χ4v) is 2.79. The first-order valence-electron chi connectivity index (χ1n) is 6.73. The number of alkyl halides is 2. The summed E-state index contributed by atoms with van der Waals surface area (Å²) in [6.45, 7) is 2.50. The predicted molar refractivity (Wildman–Crippen MR) is 66.7 cm³/mol. The fraction of sp³-hybridized carbons (Fsp3) is 1.00. The summed E-state index contributed by atoms with van der Waals surface area (Å²) < 4.78 is 24.9. The lowest BCUT2D eigenvalue weighted by molar-refractivity contribution is 0.00261. The second kappa shape index (κ2) is 7.36. The van der Waals surface area contributed by atoms with Crippen LogP contribution in [-0.4, -0.2) is 54.4 Å². The van der Waals surface area contributed by atoms with Gasteiger partial charge >= 0.3 is 0 Å². The van der Waals surface area contributed by atoms with Crippen LogP contribution in [0.3, 0.4) is 0 Å². The summed E-state index contributed by atoms with van der Waals surface area (Å²) in [5, 5.41) is 18.5.